The Morgan fingerprint density at radius 3 is 2.70 bits per heavy atom. The molecule has 0 saturated heterocycles. The van der Waals surface area contributed by atoms with E-state index in [1.807, 2.05) is 31.2 Å². The second kappa shape index (κ2) is 7.20. The fourth-order valence-electron chi connectivity index (χ4n) is 1.99. The minimum absolute atomic E-state index is 0.0606. The Balaban J connectivity index is 2.01. The fraction of sp³-hybridized carbons (Fsp3) is 0.250. The third-order valence-corrected chi connectivity index (χ3v) is 3.77. The van der Waals surface area contributed by atoms with E-state index in [9.17, 15) is 4.79 Å². The second-order valence-electron chi connectivity index (χ2n) is 4.77. The molecule has 2 aromatic rings. The van der Waals surface area contributed by atoms with E-state index < -0.39 is 0 Å². The van der Waals surface area contributed by atoms with Crippen molar-refractivity contribution in [1.82, 2.24) is 10.3 Å². The number of carbonyl (C=O) groups excluding carboxylic acids is 1. The lowest BCUT2D eigenvalue weighted by atomic mass is 10.1. The summed E-state index contributed by atoms with van der Waals surface area (Å²) >= 11 is 3.46. The Bertz CT molecular complexity index is 572. The van der Waals surface area contributed by atoms with Crippen molar-refractivity contribution >= 4 is 21.8 Å². The Kier molecular flexibility index (Phi) is 5.30. The second-order valence-corrected chi connectivity index (χ2v) is 5.41. The first-order chi connectivity index (χ1) is 9.69. The van der Waals surface area contributed by atoms with Crippen molar-refractivity contribution in [1.29, 1.82) is 0 Å². The molecule has 0 aliphatic rings. The lowest BCUT2D eigenvalue weighted by molar-refractivity contribution is 0.0940. The molecule has 1 atom stereocenters. The highest BCUT2D eigenvalue weighted by molar-refractivity contribution is 9.09. The van der Waals surface area contributed by atoms with Gasteiger partial charge in [-0.3, -0.25) is 9.78 Å². The normalized spacial score (nSPS) is 11.9. The number of nitrogens with zero attached hydrogens (tertiary/aromatic N) is 1. The topological polar surface area (TPSA) is 42.0 Å². The van der Waals surface area contributed by atoms with Crippen molar-refractivity contribution < 1.29 is 4.79 Å². The maximum atomic E-state index is 12.2. The van der Waals surface area contributed by atoms with Crippen molar-refractivity contribution in [3.05, 3.63) is 65.5 Å². The van der Waals surface area contributed by atoms with Crippen molar-refractivity contribution in [2.24, 2.45) is 0 Å². The molecule has 1 heterocycles. The zero-order chi connectivity index (χ0) is 14.4. The molecule has 0 fully saturated rings. The van der Waals surface area contributed by atoms with Crippen LogP contribution in [0.25, 0.3) is 0 Å². The van der Waals surface area contributed by atoms with Gasteiger partial charge in [0.25, 0.3) is 5.91 Å². The van der Waals surface area contributed by atoms with Gasteiger partial charge in [-0.2, -0.15) is 0 Å². The van der Waals surface area contributed by atoms with E-state index in [2.05, 4.69) is 38.4 Å². The number of alkyl halides is 1. The molecule has 0 saturated carbocycles. The Morgan fingerprint density at radius 2 is 2.05 bits per heavy atom. The molecule has 1 unspecified atom stereocenters. The summed E-state index contributed by atoms with van der Waals surface area (Å²) in [5, 5.41) is 3.75. The lowest BCUT2D eigenvalue weighted by Crippen LogP contribution is -2.37. The lowest BCUT2D eigenvalue weighted by Gasteiger charge is -2.16. The van der Waals surface area contributed by atoms with Crippen LogP contribution in [0.1, 0.15) is 21.5 Å². The van der Waals surface area contributed by atoms with Crippen molar-refractivity contribution in [3.8, 4) is 0 Å². The number of amides is 1. The number of rotatable bonds is 5. The standard InChI is InChI=1S/C16H17BrN2O/c1-12-7-14(11-18-10-12)16(20)19-15(9-17)8-13-5-3-2-4-6-13/h2-7,10-11,15H,8-9H2,1H3,(H,19,20). The molecule has 3 nitrogen and oxygen atoms in total. The van der Waals surface area contributed by atoms with Gasteiger partial charge in [0.1, 0.15) is 0 Å². The number of benzene rings is 1. The predicted molar refractivity (Wildman–Crippen MR) is 84.2 cm³/mol. The van der Waals surface area contributed by atoms with Crippen LogP contribution in [0.3, 0.4) is 0 Å². The first-order valence-corrected chi connectivity index (χ1v) is 7.63. The summed E-state index contributed by atoms with van der Waals surface area (Å²) in [6.07, 6.45) is 4.13. The van der Waals surface area contributed by atoms with Gasteiger partial charge in [0, 0.05) is 23.8 Å². The molecule has 0 aliphatic heterocycles. The van der Waals surface area contributed by atoms with Gasteiger partial charge in [-0.25, -0.2) is 0 Å². The number of aromatic nitrogens is 1. The zero-order valence-corrected chi connectivity index (χ0v) is 12.9. The summed E-state index contributed by atoms with van der Waals surface area (Å²) < 4.78 is 0. The Hall–Kier alpha value is -1.68. The molecule has 4 heteroatoms. The molecule has 0 spiro atoms. The fourth-order valence-corrected chi connectivity index (χ4v) is 2.38. The van der Waals surface area contributed by atoms with Gasteiger partial charge in [0.15, 0.2) is 0 Å². The summed E-state index contributed by atoms with van der Waals surface area (Å²) in [6.45, 7) is 1.93. The number of aryl methyl sites for hydroxylation is 1. The zero-order valence-electron chi connectivity index (χ0n) is 11.3. The van der Waals surface area contributed by atoms with E-state index in [1.54, 1.807) is 12.4 Å². The first-order valence-electron chi connectivity index (χ1n) is 6.51. The Labute approximate surface area is 127 Å². The average Bonchev–Trinajstić information content (AvgIpc) is 2.47. The highest BCUT2D eigenvalue weighted by Crippen LogP contribution is 2.07. The average molecular weight is 333 g/mol. The highest BCUT2D eigenvalue weighted by Gasteiger charge is 2.13. The minimum Gasteiger partial charge on any atom is -0.348 e. The Morgan fingerprint density at radius 1 is 1.30 bits per heavy atom. The van der Waals surface area contributed by atoms with E-state index in [0.717, 1.165) is 12.0 Å². The van der Waals surface area contributed by atoms with Gasteiger partial charge in [0.05, 0.1) is 5.56 Å². The monoisotopic (exact) mass is 332 g/mol. The number of nitrogens with one attached hydrogen (secondary N) is 1. The molecule has 2 rings (SSSR count). The largest absolute Gasteiger partial charge is 0.348 e. The summed E-state index contributed by atoms with van der Waals surface area (Å²) in [7, 11) is 0. The van der Waals surface area contributed by atoms with Gasteiger partial charge < -0.3 is 5.32 Å². The molecular formula is C16H17BrN2O. The van der Waals surface area contributed by atoms with Gasteiger partial charge in [-0.1, -0.05) is 46.3 Å². The van der Waals surface area contributed by atoms with Gasteiger partial charge in [-0.15, -0.1) is 0 Å². The summed E-state index contributed by atoms with van der Waals surface area (Å²) in [4.78, 5) is 16.2. The molecule has 1 amide bonds. The summed E-state index contributed by atoms with van der Waals surface area (Å²) in [5.74, 6) is -0.0819. The maximum absolute atomic E-state index is 12.2. The number of hydrogen-bond donors (Lipinski definition) is 1. The van der Waals surface area contributed by atoms with Crippen LogP contribution in [-0.4, -0.2) is 22.3 Å². The number of pyridine rings is 1. The van der Waals surface area contributed by atoms with Crippen molar-refractivity contribution in [2.45, 2.75) is 19.4 Å². The van der Waals surface area contributed by atoms with Crippen molar-refractivity contribution in [3.63, 3.8) is 0 Å². The number of hydrogen-bond acceptors (Lipinski definition) is 2. The van der Waals surface area contributed by atoms with Crippen LogP contribution in [0.4, 0.5) is 0 Å². The quantitative estimate of drug-likeness (QED) is 0.854. The van der Waals surface area contributed by atoms with Crippen LogP contribution in [0.5, 0.6) is 0 Å². The molecule has 0 aliphatic carbocycles. The van der Waals surface area contributed by atoms with Crippen LogP contribution in [0.15, 0.2) is 48.8 Å². The van der Waals surface area contributed by atoms with Crippen LogP contribution in [-0.2, 0) is 6.42 Å². The third kappa shape index (κ3) is 4.17. The summed E-state index contributed by atoms with van der Waals surface area (Å²) in [6, 6.07) is 12.0. The molecule has 0 radical (unpaired) electrons. The molecule has 20 heavy (non-hydrogen) atoms. The molecule has 104 valence electrons. The van der Waals surface area contributed by atoms with Crippen molar-refractivity contribution in [2.75, 3.05) is 5.33 Å². The SMILES string of the molecule is Cc1cncc(C(=O)NC(CBr)Cc2ccccc2)c1. The highest BCUT2D eigenvalue weighted by atomic mass is 79.9. The number of carbonyl (C=O) groups is 1. The first kappa shape index (κ1) is 14.7. The van der Waals surface area contributed by atoms with E-state index >= 15 is 0 Å². The van der Waals surface area contributed by atoms with Crippen LogP contribution in [0, 0.1) is 6.92 Å². The van der Waals surface area contributed by atoms with E-state index in [1.165, 1.54) is 5.56 Å². The molecular weight excluding hydrogens is 316 g/mol. The van der Waals surface area contributed by atoms with E-state index in [0.29, 0.717) is 10.9 Å². The maximum Gasteiger partial charge on any atom is 0.253 e. The molecule has 1 aromatic heterocycles. The van der Waals surface area contributed by atoms with Gasteiger partial charge in [-0.05, 0) is 30.5 Å². The predicted octanol–water partition coefficient (Wildman–Crippen LogP) is 3.13. The van der Waals surface area contributed by atoms with Gasteiger partial charge in [0.2, 0.25) is 0 Å². The molecule has 1 aromatic carbocycles. The number of halogens is 1. The van der Waals surface area contributed by atoms with Crippen LogP contribution < -0.4 is 5.32 Å². The van der Waals surface area contributed by atoms with Crippen LogP contribution in [0.2, 0.25) is 0 Å². The smallest absolute Gasteiger partial charge is 0.253 e. The summed E-state index contributed by atoms with van der Waals surface area (Å²) in [5.41, 5.74) is 2.79. The minimum atomic E-state index is -0.0819. The van der Waals surface area contributed by atoms with E-state index in [-0.39, 0.29) is 11.9 Å². The van der Waals surface area contributed by atoms with E-state index in [4.69, 9.17) is 0 Å². The molecule has 1 N–H and O–H groups in total. The van der Waals surface area contributed by atoms with Crippen LogP contribution >= 0.6 is 15.9 Å². The van der Waals surface area contributed by atoms with Gasteiger partial charge >= 0.3 is 0 Å². The third-order valence-electron chi connectivity index (χ3n) is 2.98. The molecule has 0 bridgehead atoms.